The number of amides is 4. The van der Waals surface area contributed by atoms with Gasteiger partial charge in [-0.15, -0.1) is 0 Å². The standard InChI is InChI=1S/C36H41FN4O5/c1-35(2,25-13-15-26(37)16-14-25)23-38-33(44)29-17-18-31(42)40-36(19-20-36)34(45)41(3)27(21-24-9-5-4-6-10-24)22-46-30-12-8-7-11-28(30)32(43)39-29/h4-16,27,29H,17-23H2,1-3H3,(H,38,44)(H,39,43)(H,40,42)/t27-,29-/m0/s1. The molecule has 0 unspecified atom stereocenters. The molecule has 3 N–H and O–H groups in total. The molecule has 242 valence electrons. The van der Waals surface area contributed by atoms with Gasteiger partial charge >= 0.3 is 0 Å². The minimum Gasteiger partial charge on any atom is -0.491 e. The van der Waals surface area contributed by atoms with Crippen molar-refractivity contribution in [3.63, 3.8) is 0 Å². The van der Waals surface area contributed by atoms with E-state index in [-0.39, 0.29) is 55.2 Å². The van der Waals surface area contributed by atoms with Crippen molar-refractivity contribution in [1.82, 2.24) is 20.9 Å². The lowest BCUT2D eigenvalue weighted by atomic mass is 9.84. The van der Waals surface area contributed by atoms with Crippen molar-refractivity contribution in [2.45, 2.75) is 69.0 Å². The second-order valence-electron chi connectivity index (χ2n) is 12.9. The van der Waals surface area contributed by atoms with Gasteiger partial charge in [0.2, 0.25) is 17.7 Å². The highest BCUT2D eigenvalue weighted by Gasteiger charge is 2.53. The molecule has 1 fully saturated rings. The maximum atomic E-state index is 13.8. The second kappa shape index (κ2) is 13.7. The van der Waals surface area contributed by atoms with Gasteiger partial charge in [-0.05, 0) is 61.1 Å². The number of hydrogen-bond acceptors (Lipinski definition) is 5. The molecule has 1 spiro atoms. The number of carbonyl (C=O) groups is 4. The van der Waals surface area contributed by atoms with Crippen molar-refractivity contribution >= 4 is 23.6 Å². The molecule has 1 aliphatic carbocycles. The molecule has 10 heteroatoms. The van der Waals surface area contributed by atoms with Crippen LogP contribution in [0, 0.1) is 5.82 Å². The molecular formula is C36H41FN4O5. The Balaban J connectivity index is 1.39. The van der Waals surface area contributed by atoms with Gasteiger partial charge in [-0.2, -0.15) is 0 Å². The zero-order chi connectivity index (χ0) is 32.9. The minimum absolute atomic E-state index is 0.0140. The van der Waals surface area contributed by atoms with Gasteiger partial charge in [0, 0.05) is 25.4 Å². The van der Waals surface area contributed by atoms with E-state index in [0.29, 0.717) is 25.0 Å². The summed E-state index contributed by atoms with van der Waals surface area (Å²) in [6, 6.07) is 21.2. The fourth-order valence-electron chi connectivity index (χ4n) is 5.72. The van der Waals surface area contributed by atoms with E-state index in [1.807, 2.05) is 44.2 Å². The van der Waals surface area contributed by atoms with Gasteiger partial charge in [0.05, 0.1) is 11.6 Å². The largest absolute Gasteiger partial charge is 0.491 e. The smallest absolute Gasteiger partial charge is 0.255 e. The number of fused-ring (bicyclic) bond motifs is 1. The number of nitrogens with zero attached hydrogens (tertiary/aromatic N) is 1. The van der Waals surface area contributed by atoms with E-state index in [9.17, 15) is 23.6 Å². The van der Waals surface area contributed by atoms with E-state index in [0.717, 1.165) is 11.1 Å². The minimum atomic E-state index is -1.04. The number of likely N-dealkylation sites (N-methyl/N-ethyl adjacent to an activating group) is 1. The van der Waals surface area contributed by atoms with Crippen LogP contribution >= 0.6 is 0 Å². The SMILES string of the molecule is CN1C(=O)C2(CC2)NC(=O)CC[C@@H](C(=O)NCC(C)(C)c2ccc(F)cc2)NC(=O)c2ccccc2OC[C@@H]1Cc1ccccc1. The van der Waals surface area contributed by atoms with Crippen molar-refractivity contribution in [3.8, 4) is 5.75 Å². The molecule has 0 radical (unpaired) electrons. The molecule has 2 aliphatic rings. The van der Waals surface area contributed by atoms with E-state index >= 15 is 0 Å². The predicted octanol–water partition coefficient (Wildman–Crippen LogP) is 3.91. The summed E-state index contributed by atoms with van der Waals surface area (Å²) in [6.07, 6.45) is 1.48. The summed E-state index contributed by atoms with van der Waals surface area (Å²) in [7, 11) is 1.72. The number of rotatable bonds is 6. The summed E-state index contributed by atoms with van der Waals surface area (Å²) in [6.45, 7) is 4.16. The highest BCUT2D eigenvalue weighted by atomic mass is 19.1. The quantitative estimate of drug-likeness (QED) is 0.383. The van der Waals surface area contributed by atoms with Gasteiger partial charge in [-0.3, -0.25) is 19.2 Å². The Morgan fingerprint density at radius 2 is 1.67 bits per heavy atom. The number of para-hydroxylation sites is 1. The number of ether oxygens (including phenoxy) is 1. The molecule has 9 nitrogen and oxygen atoms in total. The first-order valence-corrected chi connectivity index (χ1v) is 15.7. The van der Waals surface area contributed by atoms with Crippen LogP contribution < -0.4 is 20.7 Å². The number of halogens is 1. The summed E-state index contributed by atoms with van der Waals surface area (Å²) >= 11 is 0. The first-order valence-electron chi connectivity index (χ1n) is 15.7. The summed E-state index contributed by atoms with van der Waals surface area (Å²) < 4.78 is 19.7. The van der Waals surface area contributed by atoms with Crippen LogP contribution in [-0.4, -0.2) is 66.4 Å². The van der Waals surface area contributed by atoms with Crippen molar-refractivity contribution in [1.29, 1.82) is 0 Å². The topological polar surface area (TPSA) is 117 Å². The Morgan fingerprint density at radius 3 is 2.37 bits per heavy atom. The van der Waals surface area contributed by atoms with Crippen LogP contribution in [0.4, 0.5) is 4.39 Å². The van der Waals surface area contributed by atoms with E-state index < -0.39 is 28.8 Å². The molecular weight excluding hydrogens is 587 g/mol. The van der Waals surface area contributed by atoms with Gasteiger partial charge in [0.25, 0.3) is 5.91 Å². The molecule has 1 saturated carbocycles. The van der Waals surface area contributed by atoms with Crippen molar-refractivity contribution in [2.24, 2.45) is 0 Å². The van der Waals surface area contributed by atoms with Gasteiger partial charge < -0.3 is 25.6 Å². The average Bonchev–Trinajstić information content (AvgIpc) is 3.83. The zero-order valence-electron chi connectivity index (χ0n) is 26.5. The fourth-order valence-corrected chi connectivity index (χ4v) is 5.72. The Labute approximate surface area is 268 Å². The summed E-state index contributed by atoms with van der Waals surface area (Å²) in [5.74, 6) is -1.58. The lowest BCUT2D eigenvalue weighted by molar-refractivity contribution is -0.139. The molecule has 2 atom stereocenters. The average molecular weight is 629 g/mol. The van der Waals surface area contributed by atoms with Gasteiger partial charge in [-0.25, -0.2) is 4.39 Å². The third-order valence-corrected chi connectivity index (χ3v) is 8.90. The van der Waals surface area contributed by atoms with E-state index in [4.69, 9.17) is 4.74 Å². The Hall–Kier alpha value is -4.73. The van der Waals surface area contributed by atoms with E-state index in [2.05, 4.69) is 16.0 Å². The van der Waals surface area contributed by atoms with E-state index in [1.54, 1.807) is 48.3 Å². The summed E-state index contributed by atoms with van der Waals surface area (Å²) in [5.41, 5.74) is 0.550. The maximum Gasteiger partial charge on any atom is 0.255 e. The molecule has 0 aromatic heterocycles. The molecule has 5 rings (SSSR count). The lowest BCUT2D eigenvalue weighted by Gasteiger charge is -2.32. The third-order valence-electron chi connectivity index (χ3n) is 8.90. The van der Waals surface area contributed by atoms with Crippen molar-refractivity contribution < 1.29 is 28.3 Å². The molecule has 3 aromatic carbocycles. The zero-order valence-corrected chi connectivity index (χ0v) is 26.5. The normalized spacial score (nSPS) is 20.3. The van der Waals surface area contributed by atoms with Crippen LogP contribution in [0.3, 0.4) is 0 Å². The van der Waals surface area contributed by atoms with Crippen LogP contribution in [0.5, 0.6) is 5.75 Å². The molecule has 0 bridgehead atoms. The van der Waals surface area contributed by atoms with Crippen LogP contribution in [0.1, 0.15) is 61.0 Å². The maximum absolute atomic E-state index is 13.8. The van der Waals surface area contributed by atoms with Crippen molar-refractivity contribution in [3.05, 3.63) is 101 Å². The molecule has 1 heterocycles. The van der Waals surface area contributed by atoms with Gasteiger partial charge in [0.1, 0.15) is 29.8 Å². The van der Waals surface area contributed by atoms with Crippen LogP contribution in [-0.2, 0) is 26.2 Å². The highest BCUT2D eigenvalue weighted by Crippen LogP contribution is 2.38. The monoisotopic (exact) mass is 628 g/mol. The molecule has 3 aromatic rings. The number of hydrogen-bond donors (Lipinski definition) is 3. The summed E-state index contributed by atoms with van der Waals surface area (Å²) in [4.78, 5) is 55.8. The Bertz CT molecular complexity index is 1570. The first kappa shape index (κ1) is 32.7. The van der Waals surface area contributed by atoms with E-state index in [1.165, 1.54) is 12.1 Å². The van der Waals surface area contributed by atoms with Crippen LogP contribution in [0.2, 0.25) is 0 Å². The molecule has 1 aliphatic heterocycles. The fraction of sp³-hybridized carbons (Fsp3) is 0.389. The number of nitrogens with one attached hydrogen (secondary N) is 3. The predicted molar refractivity (Wildman–Crippen MR) is 172 cm³/mol. The molecule has 46 heavy (non-hydrogen) atoms. The first-order chi connectivity index (χ1) is 22.0. The van der Waals surface area contributed by atoms with Crippen LogP contribution in [0.15, 0.2) is 78.9 Å². The molecule has 4 amide bonds. The van der Waals surface area contributed by atoms with Gasteiger partial charge in [0.15, 0.2) is 0 Å². The summed E-state index contributed by atoms with van der Waals surface area (Å²) in [5, 5.41) is 8.65. The third kappa shape index (κ3) is 7.73. The van der Waals surface area contributed by atoms with Gasteiger partial charge in [-0.1, -0.05) is 68.4 Å². The highest BCUT2D eigenvalue weighted by molar-refractivity contribution is 6.00. The second-order valence-corrected chi connectivity index (χ2v) is 12.9. The van der Waals surface area contributed by atoms with Crippen LogP contribution in [0.25, 0.3) is 0 Å². The number of carbonyl (C=O) groups excluding carboxylic acids is 4. The lowest BCUT2D eigenvalue weighted by Crippen LogP contribution is -2.54. The number of benzene rings is 3. The van der Waals surface area contributed by atoms with Crippen molar-refractivity contribution in [2.75, 3.05) is 20.2 Å². The molecule has 0 saturated heterocycles. The Kier molecular flexibility index (Phi) is 9.74. The Morgan fingerprint density at radius 1 is 1.00 bits per heavy atom.